The van der Waals surface area contributed by atoms with E-state index in [2.05, 4.69) is 6.92 Å². The molecule has 1 saturated carbocycles. The van der Waals surface area contributed by atoms with Crippen LogP contribution in [0.25, 0.3) is 0 Å². The van der Waals surface area contributed by atoms with Gasteiger partial charge in [-0.3, -0.25) is 9.59 Å². The van der Waals surface area contributed by atoms with Crippen molar-refractivity contribution in [2.45, 2.75) is 50.9 Å². The van der Waals surface area contributed by atoms with Crippen LogP contribution < -0.4 is 5.43 Å². The summed E-state index contributed by atoms with van der Waals surface area (Å²) in [6.45, 7) is 4.17. The topological polar surface area (TPSA) is 52.6 Å². The third kappa shape index (κ3) is 1.11. The maximum absolute atomic E-state index is 12.9. The van der Waals surface area contributed by atoms with Gasteiger partial charge in [0.1, 0.15) is 6.10 Å². The van der Waals surface area contributed by atoms with Gasteiger partial charge in [-0.05, 0) is 54.2 Å². The van der Waals surface area contributed by atoms with Crippen molar-refractivity contribution in [1.82, 2.24) is 0 Å². The summed E-state index contributed by atoms with van der Waals surface area (Å²) in [5.74, 6) is 0.594. The van der Waals surface area contributed by atoms with Gasteiger partial charge in [0.15, 0.2) is 5.43 Å². The lowest BCUT2D eigenvalue weighted by atomic mass is 9.50. The van der Waals surface area contributed by atoms with Gasteiger partial charge in [0.25, 0.3) is 0 Å². The second-order valence-corrected chi connectivity index (χ2v) is 8.00. The van der Waals surface area contributed by atoms with Gasteiger partial charge in [0, 0.05) is 17.8 Å². The molecule has 0 radical (unpaired) electrons. The molecule has 3 saturated heterocycles. The summed E-state index contributed by atoms with van der Waals surface area (Å²) in [6, 6.07) is 3.52. The fourth-order valence-corrected chi connectivity index (χ4v) is 6.56. The molecule has 6 aliphatic rings. The number of ether oxygens (including phenoxy) is 2. The molecule has 3 heterocycles. The second-order valence-electron chi connectivity index (χ2n) is 8.00. The minimum atomic E-state index is -0.444. The fraction of sp³-hybridized carbons (Fsp3) is 0.579. The number of fused-ring (bicyclic) bond motifs is 2. The lowest BCUT2D eigenvalue weighted by molar-refractivity contribution is -0.215. The Balaban J connectivity index is 1.78. The van der Waals surface area contributed by atoms with Crippen LogP contribution in [-0.4, -0.2) is 18.2 Å². The van der Waals surface area contributed by atoms with E-state index in [1.54, 1.807) is 12.1 Å². The monoisotopic (exact) mass is 310 g/mol. The zero-order valence-corrected chi connectivity index (χ0v) is 13.2. The first-order chi connectivity index (χ1) is 11.0. The van der Waals surface area contributed by atoms with Crippen molar-refractivity contribution in [2.24, 2.45) is 17.3 Å². The lowest BCUT2D eigenvalue weighted by Gasteiger charge is -2.57. The minimum absolute atomic E-state index is 0.00826. The van der Waals surface area contributed by atoms with E-state index in [-0.39, 0.29) is 47.5 Å². The standard InChI is InChI=1S/C19H18O4/c1-7-5-10(20)6-9-3-4-19-8(2)15-17(23-18(19)21)13-14(19)12(9)11(7)16(13)22-15/h5-6,8,13-17H,3-4H2,1-2H3/t8-,13?,14?,15-,16+,17+,19-/m1/s1. The highest BCUT2D eigenvalue weighted by Crippen LogP contribution is 2.73. The largest absolute Gasteiger partial charge is 0.459 e. The molecule has 0 aromatic heterocycles. The van der Waals surface area contributed by atoms with Gasteiger partial charge in [-0.1, -0.05) is 6.92 Å². The first kappa shape index (κ1) is 12.7. The van der Waals surface area contributed by atoms with Crippen LogP contribution in [0.4, 0.5) is 0 Å². The van der Waals surface area contributed by atoms with Gasteiger partial charge in [-0.25, -0.2) is 0 Å². The second kappa shape index (κ2) is 3.54. The molecule has 7 atom stereocenters. The normalized spacial score (nSPS) is 47.0. The zero-order valence-electron chi connectivity index (χ0n) is 13.2. The Kier molecular flexibility index (Phi) is 1.95. The van der Waals surface area contributed by atoms with Crippen molar-refractivity contribution in [1.29, 1.82) is 0 Å². The van der Waals surface area contributed by atoms with Gasteiger partial charge in [-0.15, -0.1) is 0 Å². The molecule has 1 aromatic rings. The number of hydrogen-bond acceptors (Lipinski definition) is 4. The van der Waals surface area contributed by atoms with Crippen molar-refractivity contribution in [3.05, 3.63) is 44.6 Å². The Labute approximate surface area is 133 Å². The molecule has 4 heteroatoms. The summed E-state index contributed by atoms with van der Waals surface area (Å²) < 4.78 is 12.3. The molecule has 0 amide bonds. The van der Waals surface area contributed by atoms with E-state index in [4.69, 9.17) is 9.47 Å². The van der Waals surface area contributed by atoms with Crippen molar-refractivity contribution in [3.8, 4) is 0 Å². The molecule has 7 rings (SSSR count). The van der Waals surface area contributed by atoms with Gasteiger partial charge >= 0.3 is 5.97 Å². The van der Waals surface area contributed by atoms with E-state index >= 15 is 0 Å². The molecule has 0 N–H and O–H groups in total. The quantitative estimate of drug-likeness (QED) is 0.688. The van der Waals surface area contributed by atoms with Crippen LogP contribution in [0.3, 0.4) is 0 Å². The fourth-order valence-electron chi connectivity index (χ4n) is 6.56. The number of carbonyl (C=O) groups is 1. The highest BCUT2D eigenvalue weighted by molar-refractivity contribution is 5.83. The number of rotatable bonds is 0. The molecular formula is C19H18O4. The van der Waals surface area contributed by atoms with E-state index < -0.39 is 5.41 Å². The highest BCUT2D eigenvalue weighted by atomic mass is 16.6. The molecule has 23 heavy (non-hydrogen) atoms. The van der Waals surface area contributed by atoms with Crippen LogP contribution >= 0.6 is 0 Å². The molecule has 2 unspecified atom stereocenters. The average Bonchev–Trinajstić information content (AvgIpc) is 2.95. The van der Waals surface area contributed by atoms with Crippen LogP contribution in [0, 0.1) is 24.2 Å². The van der Waals surface area contributed by atoms with E-state index in [0.717, 1.165) is 24.0 Å². The Morgan fingerprint density at radius 1 is 1.17 bits per heavy atom. The van der Waals surface area contributed by atoms with E-state index in [0.29, 0.717) is 0 Å². The Hall–Kier alpha value is -1.68. The summed E-state index contributed by atoms with van der Waals surface area (Å²) in [5.41, 5.74) is 4.19. The summed E-state index contributed by atoms with van der Waals surface area (Å²) >= 11 is 0. The van der Waals surface area contributed by atoms with Crippen molar-refractivity contribution < 1.29 is 14.3 Å². The van der Waals surface area contributed by atoms with Crippen molar-refractivity contribution in [2.75, 3.05) is 0 Å². The number of hydrogen-bond donors (Lipinski definition) is 0. The predicted octanol–water partition coefficient (Wildman–Crippen LogP) is 2.02. The molecule has 4 bridgehead atoms. The van der Waals surface area contributed by atoms with E-state index in [9.17, 15) is 9.59 Å². The number of aryl methyl sites for hydroxylation is 2. The van der Waals surface area contributed by atoms with E-state index in [1.165, 1.54) is 11.1 Å². The maximum Gasteiger partial charge on any atom is 0.313 e. The molecule has 4 fully saturated rings. The van der Waals surface area contributed by atoms with Crippen LogP contribution in [0.5, 0.6) is 0 Å². The molecule has 4 nitrogen and oxygen atoms in total. The SMILES string of the molecule is Cc1cc(=O)cc2c3c1[C@@H]1O[C@@H]4[C@@H](C)[C@@]5(CC2)C(=O)O[C@H]4C1C35. The molecular weight excluding hydrogens is 292 g/mol. The lowest BCUT2D eigenvalue weighted by Crippen LogP contribution is -2.64. The van der Waals surface area contributed by atoms with Gasteiger partial charge in [0.05, 0.1) is 17.6 Å². The van der Waals surface area contributed by atoms with Crippen molar-refractivity contribution in [3.63, 3.8) is 0 Å². The van der Waals surface area contributed by atoms with Gasteiger partial charge in [0.2, 0.25) is 0 Å². The van der Waals surface area contributed by atoms with Crippen LogP contribution in [0.1, 0.15) is 47.6 Å². The Bertz CT molecular complexity index is 859. The Morgan fingerprint density at radius 3 is 2.83 bits per heavy atom. The molecule has 118 valence electrons. The minimum Gasteiger partial charge on any atom is -0.459 e. The first-order valence-electron chi connectivity index (χ1n) is 8.58. The maximum atomic E-state index is 12.9. The summed E-state index contributed by atoms with van der Waals surface area (Å²) in [7, 11) is 0. The van der Waals surface area contributed by atoms with Gasteiger partial charge < -0.3 is 9.47 Å². The average molecular weight is 310 g/mol. The van der Waals surface area contributed by atoms with Crippen LogP contribution in [0.2, 0.25) is 0 Å². The van der Waals surface area contributed by atoms with E-state index in [1.807, 2.05) is 6.92 Å². The predicted molar refractivity (Wildman–Crippen MR) is 81.1 cm³/mol. The first-order valence-corrected chi connectivity index (χ1v) is 8.58. The summed E-state index contributed by atoms with van der Waals surface area (Å²) in [4.78, 5) is 25.0. The van der Waals surface area contributed by atoms with Gasteiger partial charge in [-0.2, -0.15) is 0 Å². The summed E-state index contributed by atoms with van der Waals surface area (Å²) in [6.07, 6.45) is 1.47. The number of esters is 1. The third-order valence-electron chi connectivity index (χ3n) is 7.36. The zero-order chi connectivity index (χ0) is 15.7. The van der Waals surface area contributed by atoms with Crippen LogP contribution in [-0.2, 0) is 20.7 Å². The van der Waals surface area contributed by atoms with Crippen LogP contribution in [0.15, 0.2) is 16.9 Å². The van der Waals surface area contributed by atoms with Crippen molar-refractivity contribution >= 4 is 5.97 Å². The summed E-state index contributed by atoms with van der Waals surface area (Å²) in [5, 5.41) is 0. The molecule has 3 aliphatic heterocycles. The molecule has 3 aliphatic carbocycles. The smallest absolute Gasteiger partial charge is 0.313 e. The highest BCUT2D eigenvalue weighted by Gasteiger charge is 2.76. The third-order valence-corrected chi connectivity index (χ3v) is 7.36. The Morgan fingerprint density at radius 2 is 2.00 bits per heavy atom. The molecule has 1 aromatic carbocycles. The molecule has 1 spiro atoms. The number of carbonyl (C=O) groups excluding carboxylic acids is 1.